The number of aryl methyl sites for hydroxylation is 1. The van der Waals surface area contributed by atoms with Crippen molar-refractivity contribution in [1.29, 1.82) is 0 Å². The van der Waals surface area contributed by atoms with E-state index in [1.165, 1.54) is 11.1 Å². The van der Waals surface area contributed by atoms with E-state index in [2.05, 4.69) is 58.9 Å². The van der Waals surface area contributed by atoms with Crippen LogP contribution in [0.5, 0.6) is 0 Å². The summed E-state index contributed by atoms with van der Waals surface area (Å²) in [6.45, 7) is 4.52. The average Bonchev–Trinajstić information content (AvgIpc) is 2.96. The molecule has 1 saturated heterocycles. The lowest BCUT2D eigenvalue weighted by atomic mass is 10.1. The summed E-state index contributed by atoms with van der Waals surface area (Å²) in [7, 11) is 0. The minimum absolute atomic E-state index is 0.258. The Balaban J connectivity index is 1.76. The molecular formula is C20H23N3O. The molecule has 0 saturated carbocycles. The van der Waals surface area contributed by atoms with E-state index in [1.807, 2.05) is 6.07 Å². The number of aliphatic hydroxyl groups excluding tert-OH is 1. The Morgan fingerprint density at radius 2 is 1.92 bits per heavy atom. The van der Waals surface area contributed by atoms with Crippen molar-refractivity contribution in [3.8, 4) is 0 Å². The molecule has 1 aromatic heterocycles. The molecule has 0 spiro atoms. The number of aliphatic hydroxyl groups is 1. The van der Waals surface area contributed by atoms with Gasteiger partial charge in [-0.05, 0) is 37.5 Å². The molecule has 2 heterocycles. The minimum atomic E-state index is -0.258. The van der Waals surface area contributed by atoms with Crippen LogP contribution in [0.25, 0.3) is 11.0 Å². The van der Waals surface area contributed by atoms with Crippen molar-refractivity contribution in [2.75, 3.05) is 18.0 Å². The number of hydrogen-bond donors (Lipinski definition) is 1. The number of nitrogens with zero attached hydrogens (tertiary/aromatic N) is 3. The van der Waals surface area contributed by atoms with Gasteiger partial charge in [0.1, 0.15) is 0 Å². The molecule has 1 fully saturated rings. The molecule has 1 N–H and O–H groups in total. The van der Waals surface area contributed by atoms with Gasteiger partial charge in [-0.2, -0.15) is 0 Å². The number of rotatable bonds is 3. The zero-order valence-corrected chi connectivity index (χ0v) is 14.0. The first kappa shape index (κ1) is 15.2. The van der Waals surface area contributed by atoms with E-state index in [0.717, 1.165) is 42.9 Å². The summed E-state index contributed by atoms with van der Waals surface area (Å²) < 4.78 is 2.28. The second kappa shape index (κ2) is 6.29. The third-order valence-corrected chi connectivity index (χ3v) is 4.78. The van der Waals surface area contributed by atoms with Crippen LogP contribution in [0.2, 0.25) is 0 Å². The van der Waals surface area contributed by atoms with Gasteiger partial charge < -0.3 is 14.6 Å². The van der Waals surface area contributed by atoms with E-state index in [1.54, 1.807) is 0 Å². The standard InChI is InChI=1S/C20H23N3O/c1-15-8-10-16(11-9-15)13-23-19-7-3-2-6-18(19)21-20(23)22-12-4-5-17(24)14-22/h2-3,6-11,17,24H,4-5,12-14H2,1H3/t17-/m1/s1. The Morgan fingerprint density at radius 1 is 1.12 bits per heavy atom. The van der Waals surface area contributed by atoms with Crippen molar-refractivity contribution >= 4 is 17.0 Å². The van der Waals surface area contributed by atoms with Crippen LogP contribution >= 0.6 is 0 Å². The third-order valence-electron chi connectivity index (χ3n) is 4.78. The monoisotopic (exact) mass is 321 g/mol. The van der Waals surface area contributed by atoms with Crippen molar-refractivity contribution in [1.82, 2.24) is 9.55 Å². The molecule has 4 heteroatoms. The van der Waals surface area contributed by atoms with Gasteiger partial charge in [0.05, 0.1) is 23.7 Å². The fourth-order valence-corrected chi connectivity index (χ4v) is 3.47. The van der Waals surface area contributed by atoms with E-state index < -0.39 is 0 Å². The second-order valence-corrected chi connectivity index (χ2v) is 6.71. The van der Waals surface area contributed by atoms with Crippen LogP contribution < -0.4 is 4.90 Å². The largest absolute Gasteiger partial charge is 0.391 e. The maximum absolute atomic E-state index is 10.0. The normalized spacial score (nSPS) is 18.2. The second-order valence-electron chi connectivity index (χ2n) is 6.71. The number of piperidine rings is 1. The number of para-hydroxylation sites is 2. The molecule has 1 aliphatic heterocycles. The Morgan fingerprint density at radius 3 is 2.71 bits per heavy atom. The fraction of sp³-hybridized carbons (Fsp3) is 0.350. The molecule has 0 bridgehead atoms. The summed E-state index contributed by atoms with van der Waals surface area (Å²) in [6, 6.07) is 16.9. The van der Waals surface area contributed by atoms with E-state index >= 15 is 0 Å². The van der Waals surface area contributed by atoms with Crippen LogP contribution in [0.15, 0.2) is 48.5 Å². The molecule has 4 rings (SSSR count). The molecule has 2 aromatic carbocycles. The quantitative estimate of drug-likeness (QED) is 0.804. The molecule has 1 atom stereocenters. The van der Waals surface area contributed by atoms with Crippen LogP contribution in [0.1, 0.15) is 24.0 Å². The van der Waals surface area contributed by atoms with Crippen LogP contribution in [0.3, 0.4) is 0 Å². The number of β-amino-alcohol motifs (C(OH)–C–C–N with tert-alkyl or cyclic N) is 1. The first-order chi connectivity index (χ1) is 11.7. The predicted octanol–water partition coefficient (Wildman–Crippen LogP) is 3.35. The van der Waals surface area contributed by atoms with Gasteiger partial charge in [0.2, 0.25) is 5.95 Å². The molecule has 24 heavy (non-hydrogen) atoms. The van der Waals surface area contributed by atoms with E-state index in [9.17, 15) is 5.11 Å². The predicted molar refractivity (Wildman–Crippen MR) is 97.5 cm³/mol. The lowest BCUT2D eigenvalue weighted by molar-refractivity contribution is 0.153. The molecule has 0 unspecified atom stereocenters. The average molecular weight is 321 g/mol. The number of fused-ring (bicyclic) bond motifs is 1. The Hall–Kier alpha value is -2.33. The minimum Gasteiger partial charge on any atom is -0.391 e. The first-order valence-corrected chi connectivity index (χ1v) is 8.64. The highest BCUT2D eigenvalue weighted by Gasteiger charge is 2.23. The fourth-order valence-electron chi connectivity index (χ4n) is 3.47. The van der Waals surface area contributed by atoms with Gasteiger partial charge in [-0.1, -0.05) is 42.0 Å². The lowest BCUT2D eigenvalue weighted by Crippen LogP contribution is -2.39. The molecule has 124 valence electrons. The summed E-state index contributed by atoms with van der Waals surface area (Å²) >= 11 is 0. The van der Waals surface area contributed by atoms with Gasteiger partial charge in [0.25, 0.3) is 0 Å². The Bertz CT molecular complexity index is 838. The smallest absolute Gasteiger partial charge is 0.206 e. The topological polar surface area (TPSA) is 41.3 Å². The van der Waals surface area contributed by atoms with Crippen LogP contribution in [0, 0.1) is 6.92 Å². The first-order valence-electron chi connectivity index (χ1n) is 8.64. The highest BCUT2D eigenvalue weighted by Crippen LogP contribution is 2.26. The highest BCUT2D eigenvalue weighted by atomic mass is 16.3. The molecule has 1 aliphatic rings. The van der Waals surface area contributed by atoms with Gasteiger partial charge >= 0.3 is 0 Å². The van der Waals surface area contributed by atoms with Gasteiger partial charge in [-0.15, -0.1) is 0 Å². The Labute approximate surface area is 142 Å². The van der Waals surface area contributed by atoms with E-state index in [-0.39, 0.29) is 6.10 Å². The van der Waals surface area contributed by atoms with Gasteiger partial charge in [0.15, 0.2) is 0 Å². The highest BCUT2D eigenvalue weighted by molar-refractivity contribution is 5.79. The summed E-state index contributed by atoms with van der Waals surface area (Å²) in [5, 5.41) is 10.0. The lowest BCUT2D eigenvalue weighted by Gasteiger charge is -2.31. The van der Waals surface area contributed by atoms with Gasteiger partial charge in [0, 0.05) is 13.1 Å². The van der Waals surface area contributed by atoms with E-state index in [0.29, 0.717) is 6.54 Å². The molecule has 0 amide bonds. The Kier molecular flexibility index (Phi) is 3.98. The summed E-state index contributed by atoms with van der Waals surface area (Å²) in [5.74, 6) is 0.968. The van der Waals surface area contributed by atoms with Crippen molar-refractivity contribution < 1.29 is 5.11 Å². The van der Waals surface area contributed by atoms with Crippen molar-refractivity contribution in [2.24, 2.45) is 0 Å². The van der Waals surface area contributed by atoms with Gasteiger partial charge in [-0.25, -0.2) is 4.98 Å². The van der Waals surface area contributed by atoms with Crippen molar-refractivity contribution in [2.45, 2.75) is 32.4 Å². The molecule has 0 aliphatic carbocycles. The maximum atomic E-state index is 10.0. The maximum Gasteiger partial charge on any atom is 0.206 e. The van der Waals surface area contributed by atoms with Crippen LogP contribution in [-0.2, 0) is 6.54 Å². The summed E-state index contributed by atoms with van der Waals surface area (Å²) in [4.78, 5) is 7.09. The zero-order valence-electron chi connectivity index (χ0n) is 14.0. The summed E-state index contributed by atoms with van der Waals surface area (Å²) in [6.07, 6.45) is 1.63. The number of benzene rings is 2. The molecular weight excluding hydrogens is 298 g/mol. The zero-order chi connectivity index (χ0) is 16.5. The summed E-state index contributed by atoms with van der Waals surface area (Å²) in [5.41, 5.74) is 4.70. The molecule has 0 radical (unpaired) electrons. The SMILES string of the molecule is Cc1ccc(Cn2c(N3CCC[C@@H](O)C3)nc3ccccc32)cc1. The van der Waals surface area contributed by atoms with E-state index in [4.69, 9.17) is 4.98 Å². The number of anilines is 1. The van der Waals surface area contributed by atoms with Crippen LogP contribution in [-0.4, -0.2) is 33.9 Å². The van der Waals surface area contributed by atoms with Crippen molar-refractivity contribution in [3.63, 3.8) is 0 Å². The molecule has 4 nitrogen and oxygen atoms in total. The van der Waals surface area contributed by atoms with Crippen molar-refractivity contribution in [3.05, 3.63) is 59.7 Å². The number of imidazole rings is 1. The van der Waals surface area contributed by atoms with Gasteiger partial charge in [-0.3, -0.25) is 0 Å². The number of hydrogen-bond acceptors (Lipinski definition) is 3. The third kappa shape index (κ3) is 2.89. The van der Waals surface area contributed by atoms with Crippen LogP contribution in [0.4, 0.5) is 5.95 Å². The molecule has 3 aromatic rings. The number of aromatic nitrogens is 2.